The van der Waals surface area contributed by atoms with E-state index >= 15 is 0 Å². The van der Waals surface area contributed by atoms with E-state index in [2.05, 4.69) is 48.9 Å². The van der Waals surface area contributed by atoms with E-state index < -0.39 is 0 Å². The van der Waals surface area contributed by atoms with Crippen molar-refractivity contribution in [3.63, 3.8) is 0 Å². The van der Waals surface area contributed by atoms with Crippen molar-refractivity contribution in [2.24, 2.45) is 0 Å². The van der Waals surface area contributed by atoms with Crippen molar-refractivity contribution in [1.82, 2.24) is 19.7 Å². The topological polar surface area (TPSA) is 76.0 Å². The van der Waals surface area contributed by atoms with Crippen LogP contribution in [0, 0.1) is 0 Å². The summed E-state index contributed by atoms with van der Waals surface area (Å²) in [6.45, 7) is 10.8. The van der Waals surface area contributed by atoms with E-state index in [9.17, 15) is 9.59 Å². The summed E-state index contributed by atoms with van der Waals surface area (Å²) in [5, 5.41) is 3.46. The quantitative estimate of drug-likeness (QED) is 0.362. The lowest BCUT2D eigenvalue weighted by atomic mass is 9.93. The van der Waals surface area contributed by atoms with E-state index in [0.717, 1.165) is 80.8 Å². The third-order valence-electron chi connectivity index (χ3n) is 8.88. The Morgan fingerprint density at radius 3 is 2.43 bits per heavy atom. The van der Waals surface area contributed by atoms with Crippen LogP contribution in [0.3, 0.4) is 0 Å². The van der Waals surface area contributed by atoms with Crippen LogP contribution >= 0.6 is 0 Å². The molecular weight excluding hydrogens is 528 g/mol. The molecule has 0 bridgehead atoms. The van der Waals surface area contributed by atoms with Crippen molar-refractivity contribution in [3.8, 4) is 22.8 Å². The number of aromatic nitrogens is 1. The first-order valence-corrected chi connectivity index (χ1v) is 15.5. The van der Waals surface area contributed by atoms with Gasteiger partial charge in [0.1, 0.15) is 0 Å². The molecule has 3 aromatic rings. The molecule has 0 saturated heterocycles. The standard InChI is InChI=1S/C34H42N4O4/c1-4-6-13-36(14-7-5-2)33(39)28-17-29(37-15-12-35-20-30(28)37)26-18-31-32(42-22-41-31)19-27(26)34(40)38-21-25-11-9-8-10-24(25)16-23(38)3/h8-11,17-19,23,35H,4-7,12-16,20-22H2,1-3H3/t23-/m1/s1. The summed E-state index contributed by atoms with van der Waals surface area (Å²) in [4.78, 5) is 32.4. The maximum absolute atomic E-state index is 14.4. The first-order valence-electron chi connectivity index (χ1n) is 15.5. The third kappa shape index (κ3) is 5.28. The number of carbonyl (C=O) groups is 2. The number of unbranched alkanes of at least 4 members (excludes halogenated alkanes) is 2. The largest absolute Gasteiger partial charge is 0.454 e. The smallest absolute Gasteiger partial charge is 0.255 e. The molecule has 0 radical (unpaired) electrons. The Balaban J connectivity index is 1.43. The Labute approximate surface area is 248 Å². The van der Waals surface area contributed by atoms with Crippen molar-refractivity contribution in [2.75, 3.05) is 26.4 Å². The first kappa shape index (κ1) is 28.3. The van der Waals surface area contributed by atoms with Crippen LogP contribution in [0.5, 0.6) is 11.5 Å². The lowest BCUT2D eigenvalue weighted by Gasteiger charge is -2.35. The fraction of sp³-hybridized carbons (Fsp3) is 0.471. The predicted molar refractivity (Wildman–Crippen MR) is 163 cm³/mol. The minimum Gasteiger partial charge on any atom is -0.454 e. The van der Waals surface area contributed by atoms with Gasteiger partial charge in [-0.2, -0.15) is 0 Å². The van der Waals surface area contributed by atoms with Gasteiger partial charge in [-0.25, -0.2) is 0 Å². The van der Waals surface area contributed by atoms with Gasteiger partial charge in [0, 0.05) is 56.6 Å². The molecular formula is C34H42N4O4. The van der Waals surface area contributed by atoms with Crippen molar-refractivity contribution < 1.29 is 19.1 Å². The zero-order valence-corrected chi connectivity index (χ0v) is 25.1. The number of nitrogens with one attached hydrogen (secondary N) is 1. The van der Waals surface area contributed by atoms with Crippen molar-refractivity contribution in [2.45, 2.75) is 78.6 Å². The molecule has 222 valence electrons. The van der Waals surface area contributed by atoms with Crippen LogP contribution in [0.4, 0.5) is 0 Å². The fourth-order valence-corrected chi connectivity index (χ4v) is 6.46. The molecule has 8 nitrogen and oxygen atoms in total. The summed E-state index contributed by atoms with van der Waals surface area (Å²) >= 11 is 0. The van der Waals surface area contributed by atoms with Gasteiger partial charge in [0.15, 0.2) is 11.5 Å². The molecule has 0 unspecified atom stereocenters. The molecule has 8 heteroatoms. The minimum absolute atomic E-state index is 0.0322. The number of rotatable bonds is 9. The normalized spacial score (nSPS) is 17.1. The van der Waals surface area contributed by atoms with Crippen LogP contribution in [-0.2, 0) is 26.1 Å². The van der Waals surface area contributed by atoms with Crippen molar-refractivity contribution >= 4 is 11.8 Å². The number of benzene rings is 2. The van der Waals surface area contributed by atoms with Gasteiger partial charge >= 0.3 is 0 Å². The van der Waals surface area contributed by atoms with Crippen LogP contribution in [0.1, 0.15) is 84.0 Å². The molecule has 0 spiro atoms. The number of carbonyl (C=O) groups excluding carboxylic acids is 2. The van der Waals surface area contributed by atoms with Crippen LogP contribution in [0.25, 0.3) is 11.3 Å². The number of fused-ring (bicyclic) bond motifs is 3. The Hall–Kier alpha value is -3.78. The summed E-state index contributed by atoms with van der Waals surface area (Å²) in [6.07, 6.45) is 4.86. The second-order valence-corrected chi connectivity index (χ2v) is 11.7. The van der Waals surface area contributed by atoms with E-state index in [1.54, 1.807) is 0 Å². The van der Waals surface area contributed by atoms with Gasteiger partial charge in [0.05, 0.1) is 16.8 Å². The maximum atomic E-state index is 14.4. The SMILES string of the molecule is CCCCN(CCCC)C(=O)c1cc(-c2cc3c(cc2C(=O)N2Cc4ccccc4C[C@H]2C)OCO3)n2c1CNCC2. The lowest BCUT2D eigenvalue weighted by molar-refractivity contribution is 0.0658. The molecule has 3 aliphatic heterocycles. The van der Waals surface area contributed by atoms with Crippen LogP contribution in [0.2, 0.25) is 0 Å². The van der Waals surface area contributed by atoms with Gasteiger partial charge in [0.25, 0.3) is 11.8 Å². The highest BCUT2D eigenvalue weighted by atomic mass is 16.7. The Morgan fingerprint density at radius 2 is 1.69 bits per heavy atom. The summed E-state index contributed by atoms with van der Waals surface area (Å²) < 4.78 is 13.8. The average Bonchev–Trinajstić information content (AvgIpc) is 3.64. The molecule has 0 aliphatic carbocycles. The van der Waals surface area contributed by atoms with E-state index in [4.69, 9.17) is 9.47 Å². The number of amides is 2. The summed E-state index contributed by atoms with van der Waals surface area (Å²) in [7, 11) is 0. The molecule has 2 aromatic carbocycles. The zero-order valence-electron chi connectivity index (χ0n) is 25.1. The van der Waals surface area contributed by atoms with Gasteiger partial charge in [-0.1, -0.05) is 51.0 Å². The highest BCUT2D eigenvalue weighted by molar-refractivity contribution is 6.03. The van der Waals surface area contributed by atoms with E-state index in [1.807, 2.05) is 34.1 Å². The molecule has 0 fully saturated rings. The molecule has 1 N–H and O–H groups in total. The minimum atomic E-state index is -0.0322. The zero-order chi connectivity index (χ0) is 29.2. The molecule has 6 rings (SSSR count). The number of nitrogens with zero attached hydrogens (tertiary/aromatic N) is 3. The van der Waals surface area contributed by atoms with Crippen LogP contribution in [0.15, 0.2) is 42.5 Å². The molecule has 1 atom stereocenters. The Kier molecular flexibility index (Phi) is 8.24. The van der Waals surface area contributed by atoms with Gasteiger partial charge in [-0.05, 0) is 55.5 Å². The first-order chi connectivity index (χ1) is 20.5. The third-order valence-corrected chi connectivity index (χ3v) is 8.88. The van der Waals surface area contributed by atoms with E-state index in [0.29, 0.717) is 30.2 Å². The predicted octanol–water partition coefficient (Wildman–Crippen LogP) is 5.62. The molecule has 42 heavy (non-hydrogen) atoms. The van der Waals surface area contributed by atoms with Crippen molar-refractivity contribution in [1.29, 1.82) is 0 Å². The van der Waals surface area contributed by atoms with Gasteiger partial charge < -0.3 is 29.2 Å². The second kappa shape index (κ2) is 12.2. The Bertz CT molecular complexity index is 1470. The monoisotopic (exact) mass is 570 g/mol. The maximum Gasteiger partial charge on any atom is 0.255 e. The molecule has 3 aliphatic rings. The summed E-state index contributed by atoms with van der Waals surface area (Å²) in [5.41, 5.74) is 6.43. The average molecular weight is 571 g/mol. The van der Waals surface area contributed by atoms with Gasteiger partial charge in [-0.15, -0.1) is 0 Å². The molecule has 2 amide bonds. The van der Waals surface area contributed by atoms with Crippen LogP contribution < -0.4 is 14.8 Å². The highest BCUT2D eigenvalue weighted by Crippen LogP contribution is 2.41. The lowest BCUT2D eigenvalue weighted by Crippen LogP contribution is -2.42. The molecule has 4 heterocycles. The van der Waals surface area contributed by atoms with E-state index in [-0.39, 0.29) is 24.6 Å². The summed E-state index contributed by atoms with van der Waals surface area (Å²) in [5.74, 6) is 1.25. The number of hydrogen-bond donors (Lipinski definition) is 1. The fourth-order valence-electron chi connectivity index (χ4n) is 6.46. The second-order valence-electron chi connectivity index (χ2n) is 11.7. The van der Waals surface area contributed by atoms with Crippen molar-refractivity contribution in [3.05, 3.63) is 70.4 Å². The summed E-state index contributed by atoms with van der Waals surface area (Å²) in [6, 6.07) is 14.2. The van der Waals surface area contributed by atoms with Gasteiger partial charge in [-0.3, -0.25) is 9.59 Å². The Morgan fingerprint density at radius 1 is 0.976 bits per heavy atom. The highest BCUT2D eigenvalue weighted by Gasteiger charge is 2.33. The van der Waals surface area contributed by atoms with E-state index in [1.165, 1.54) is 11.1 Å². The number of ether oxygens (including phenoxy) is 2. The van der Waals surface area contributed by atoms with Gasteiger partial charge in [0.2, 0.25) is 6.79 Å². The number of hydrogen-bond acceptors (Lipinski definition) is 5. The van der Waals surface area contributed by atoms with Crippen LogP contribution in [-0.4, -0.2) is 58.7 Å². The molecule has 0 saturated carbocycles. The molecule has 1 aromatic heterocycles.